The van der Waals surface area contributed by atoms with Crippen LogP contribution in [0.5, 0.6) is 0 Å². The molecule has 2 aliphatic rings. The fourth-order valence-electron chi connectivity index (χ4n) is 2.90. The third-order valence-electron chi connectivity index (χ3n) is 4.36. The summed E-state index contributed by atoms with van der Waals surface area (Å²) in [5.41, 5.74) is 0.0516. The van der Waals surface area contributed by atoms with Crippen molar-refractivity contribution in [3.63, 3.8) is 0 Å². The van der Waals surface area contributed by atoms with Crippen molar-refractivity contribution in [2.45, 2.75) is 45.3 Å². The van der Waals surface area contributed by atoms with E-state index >= 15 is 0 Å². The topological polar surface area (TPSA) is 58.1 Å². The zero-order chi connectivity index (χ0) is 15.8. The van der Waals surface area contributed by atoms with Crippen molar-refractivity contribution in [1.82, 2.24) is 15.5 Å². The smallest absolute Gasteiger partial charge is 0.191 e. The molecule has 0 aromatic rings. The van der Waals surface area contributed by atoms with Crippen LogP contribution < -0.4 is 10.6 Å². The molecule has 2 saturated heterocycles. The molecule has 2 fully saturated rings. The first-order valence-electron chi connectivity index (χ1n) is 8.58. The van der Waals surface area contributed by atoms with Gasteiger partial charge in [0.1, 0.15) is 0 Å². The summed E-state index contributed by atoms with van der Waals surface area (Å²) in [6.07, 6.45) is 2.64. The molecule has 2 aliphatic heterocycles. The number of aliphatic imine (C=N–C) groups is 1. The van der Waals surface area contributed by atoms with Crippen molar-refractivity contribution < 1.29 is 9.47 Å². The van der Waals surface area contributed by atoms with E-state index in [0.29, 0.717) is 6.10 Å². The minimum atomic E-state index is 0. The van der Waals surface area contributed by atoms with Crippen LogP contribution in [0.15, 0.2) is 4.99 Å². The molecule has 0 spiro atoms. The summed E-state index contributed by atoms with van der Waals surface area (Å²) in [5, 5.41) is 6.73. The summed E-state index contributed by atoms with van der Waals surface area (Å²) >= 11 is 0. The van der Waals surface area contributed by atoms with Gasteiger partial charge in [-0.3, -0.25) is 9.89 Å². The average Bonchev–Trinajstić information content (AvgIpc) is 3.04. The number of nitrogens with one attached hydrogen (secondary N) is 2. The highest BCUT2D eigenvalue weighted by molar-refractivity contribution is 14.0. The van der Waals surface area contributed by atoms with Gasteiger partial charge in [0.25, 0.3) is 0 Å². The molecule has 0 saturated carbocycles. The van der Waals surface area contributed by atoms with Crippen LogP contribution in [0.25, 0.3) is 0 Å². The molecule has 0 aromatic carbocycles. The fourth-order valence-corrected chi connectivity index (χ4v) is 2.90. The number of morpholine rings is 1. The molecule has 2 N–H and O–H groups in total. The van der Waals surface area contributed by atoms with Gasteiger partial charge < -0.3 is 20.1 Å². The Morgan fingerprint density at radius 3 is 2.57 bits per heavy atom. The lowest BCUT2D eigenvalue weighted by Crippen LogP contribution is -2.52. The van der Waals surface area contributed by atoms with Crippen LogP contribution in [0.2, 0.25) is 0 Å². The predicted octanol–water partition coefficient (Wildman–Crippen LogP) is 1.45. The molecule has 1 atom stereocenters. The zero-order valence-corrected chi connectivity index (χ0v) is 17.1. The second-order valence-electron chi connectivity index (χ2n) is 6.62. The van der Waals surface area contributed by atoms with Crippen molar-refractivity contribution in [1.29, 1.82) is 0 Å². The van der Waals surface area contributed by atoms with Crippen molar-refractivity contribution in [2.24, 2.45) is 4.99 Å². The minimum absolute atomic E-state index is 0. The van der Waals surface area contributed by atoms with Crippen molar-refractivity contribution >= 4 is 29.9 Å². The van der Waals surface area contributed by atoms with E-state index in [9.17, 15) is 0 Å². The SMILES string of the molecule is CCNC(=NCC(C)(C)N1CCOCC1)NCC1CCCO1.I. The Labute approximate surface area is 157 Å². The summed E-state index contributed by atoms with van der Waals surface area (Å²) in [7, 11) is 0. The lowest BCUT2D eigenvalue weighted by Gasteiger charge is -2.39. The maximum absolute atomic E-state index is 5.65. The van der Waals surface area contributed by atoms with E-state index in [1.54, 1.807) is 0 Å². The molecule has 0 amide bonds. The summed E-state index contributed by atoms with van der Waals surface area (Å²) in [5.74, 6) is 0.888. The molecule has 7 heteroatoms. The van der Waals surface area contributed by atoms with E-state index in [1.165, 1.54) is 6.42 Å². The largest absolute Gasteiger partial charge is 0.379 e. The highest BCUT2D eigenvalue weighted by Crippen LogP contribution is 2.16. The number of guanidine groups is 1. The van der Waals surface area contributed by atoms with E-state index < -0.39 is 0 Å². The molecule has 23 heavy (non-hydrogen) atoms. The van der Waals surface area contributed by atoms with E-state index in [1.807, 2.05) is 0 Å². The first-order valence-corrected chi connectivity index (χ1v) is 8.58. The number of rotatable bonds is 6. The van der Waals surface area contributed by atoms with Crippen LogP contribution in [0.1, 0.15) is 33.6 Å². The summed E-state index contributed by atoms with van der Waals surface area (Å²) in [4.78, 5) is 7.24. The first-order chi connectivity index (χ1) is 10.6. The van der Waals surface area contributed by atoms with E-state index in [2.05, 4.69) is 36.3 Å². The van der Waals surface area contributed by atoms with Gasteiger partial charge in [-0.25, -0.2) is 0 Å². The number of halogens is 1. The molecule has 6 nitrogen and oxygen atoms in total. The molecular formula is C16H33IN4O2. The van der Waals surface area contributed by atoms with Gasteiger partial charge in [0, 0.05) is 38.3 Å². The van der Waals surface area contributed by atoms with Gasteiger partial charge in [0.2, 0.25) is 0 Å². The van der Waals surface area contributed by atoms with E-state index in [-0.39, 0.29) is 29.5 Å². The summed E-state index contributed by atoms with van der Waals surface area (Å²) < 4.78 is 11.1. The Kier molecular flexibility index (Phi) is 9.72. The molecule has 0 bridgehead atoms. The van der Waals surface area contributed by atoms with Crippen LogP contribution in [0.3, 0.4) is 0 Å². The van der Waals surface area contributed by atoms with Gasteiger partial charge in [-0.15, -0.1) is 24.0 Å². The Morgan fingerprint density at radius 2 is 1.96 bits per heavy atom. The Hall–Kier alpha value is -0.120. The van der Waals surface area contributed by atoms with Crippen LogP contribution in [0.4, 0.5) is 0 Å². The molecule has 136 valence electrons. The first kappa shape index (κ1) is 20.9. The summed E-state index contributed by atoms with van der Waals surface area (Å²) in [6.45, 7) is 13.6. The second-order valence-corrected chi connectivity index (χ2v) is 6.62. The van der Waals surface area contributed by atoms with E-state index in [0.717, 1.165) is 64.9 Å². The van der Waals surface area contributed by atoms with Crippen LogP contribution >= 0.6 is 24.0 Å². The highest BCUT2D eigenvalue weighted by Gasteiger charge is 2.28. The fraction of sp³-hybridized carbons (Fsp3) is 0.938. The monoisotopic (exact) mass is 440 g/mol. The molecule has 1 unspecified atom stereocenters. The van der Waals surface area contributed by atoms with Crippen molar-refractivity contribution in [2.75, 3.05) is 52.5 Å². The molecule has 0 aromatic heterocycles. The lowest BCUT2D eigenvalue weighted by molar-refractivity contribution is -0.00684. The van der Waals surface area contributed by atoms with Crippen molar-refractivity contribution in [3.8, 4) is 0 Å². The number of nitrogens with zero attached hydrogens (tertiary/aromatic N) is 2. The lowest BCUT2D eigenvalue weighted by atomic mass is 10.0. The molecule has 0 aliphatic carbocycles. The standard InChI is InChI=1S/C16H32N4O2.HI/c1-4-17-15(18-12-14-6-5-9-22-14)19-13-16(2,3)20-7-10-21-11-8-20;/h14H,4-13H2,1-3H3,(H2,17,18,19);1H. The second kappa shape index (κ2) is 10.7. The van der Waals surface area contributed by atoms with Crippen LogP contribution in [-0.4, -0.2) is 75.0 Å². The number of hydrogen-bond acceptors (Lipinski definition) is 4. The van der Waals surface area contributed by atoms with Gasteiger partial charge in [-0.05, 0) is 33.6 Å². The highest BCUT2D eigenvalue weighted by atomic mass is 127. The van der Waals surface area contributed by atoms with Gasteiger partial charge in [0.15, 0.2) is 5.96 Å². The van der Waals surface area contributed by atoms with Gasteiger partial charge in [-0.2, -0.15) is 0 Å². The molecular weight excluding hydrogens is 407 g/mol. The maximum Gasteiger partial charge on any atom is 0.191 e. The van der Waals surface area contributed by atoms with Gasteiger partial charge in [0.05, 0.1) is 25.9 Å². The van der Waals surface area contributed by atoms with Crippen LogP contribution in [0, 0.1) is 0 Å². The predicted molar refractivity (Wildman–Crippen MR) is 105 cm³/mol. The third-order valence-corrected chi connectivity index (χ3v) is 4.36. The molecule has 0 radical (unpaired) electrons. The van der Waals surface area contributed by atoms with Crippen molar-refractivity contribution in [3.05, 3.63) is 0 Å². The summed E-state index contributed by atoms with van der Waals surface area (Å²) in [6, 6.07) is 0. The minimum Gasteiger partial charge on any atom is -0.379 e. The Balaban J connectivity index is 0.00000264. The van der Waals surface area contributed by atoms with Gasteiger partial charge in [-0.1, -0.05) is 0 Å². The molecule has 2 heterocycles. The van der Waals surface area contributed by atoms with Gasteiger partial charge >= 0.3 is 0 Å². The Morgan fingerprint density at radius 1 is 1.22 bits per heavy atom. The molecule has 2 rings (SSSR count). The number of hydrogen-bond donors (Lipinski definition) is 2. The normalized spacial score (nSPS) is 23.4. The van der Waals surface area contributed by atoms with Crippen LogP contribution in [-0.2, 0) is 9.47 Å². The Bertz CT molecular complexity index is 354. The third kappa shape index (κ3) is 7.11. The van der Waals surface area contributed by atoms with E-state index in [4.69, 9.17) is 14.5 Å². The maximum atomic E-state index is 5.65. The average molecular weight is 440 g/mol. The quantitative estimate of drug-likeness (QED) is 0.372. The zero-order valence-electron chi connectivity index (χ0n) is 14.8. The number of ether oxygens (including phenoxy) is 2.